The molecule has 6 nitrogen and oxygen atoms in total. The van der Waals surface area contributed by atoms with Crippen LogP contribution in [0.5, 0.6) is 0 Å². The summed E-state index contributed by atoms with van der Waals surface area (Å²) in [6, 6.07) is 7.93. The molecule has 0 aliphatic rings. The number of aromatic amines is 1. The Morgan fingerprint density at radius 1 is 1.26 bits per heavy atom. The minimum atomic E-state index is -0.421. The lowest BCUT2D eigenvalue weighted by Gasteiger charge is -2.04. The zero-order valence-electron chi connectivity index (χ0n) is 10.3. The van der Waals surface area contributed by atoms with Crippen LogP contribution in [0.3, 0.4) is 0 Å². The van der Waals surface area contributed by atoms with E-state index in [1.165, 1.54) is 19.4 Å². The summed E-state index contributed by atoms with van der Waals surface area (Å²) < 4.78 is 4.58. The summed E-state index contributed by atoms with van der Waals surface area (Å²) in [5.74, 6) is -0.725. The van der Waals surface area contributed by atoms with E-state index in [2.05, 4.69) is 15.0 Å². The Hall–Kier alpha value is -2.76. The first-order valence-corrected chi connectivity index (χ1v) is 5.54. The van der Waals surface area contributed by atoms with E-state index in [1.54, 1.807) is 24.3 Å². The van der Waals surface area contributed by atoms with Crippen molar-refractivity contribution in [1.82, 2.24) is 4.98 Å². The molecule has 1 amide bonds. The maximum absolute atomic E-state index is 11.8. The first-order valence-electron chi connectivity index (χ1n) is 5.54. The number of methoxy groups -OCH3 is 1. The van der Waals surface area contributed by atoms with E-state index in [4.69, 9.17) is 5.73 Å². The summed E-state index contributed by atoms with van der Waals surface area (Å²) in [5, 5.41) is 2.68. The number of esters is 1. The van der Waals surface area contributed by atoms with Crippen molar-refractivity contribution in [3.63, 3.8) is 0 Å². The molecule has 4 N–H and O–H groups in total. The number of carbonyl (C=O) groups is 2. The maximum atomic E-state index is 11.8. The minimum absolute atomic E-state index is 0.303. The summed E-state index contributed by atoms with van der Waals surface area (Å²) in [6.45, 7) is 0. The molecule has 0 bridgehead atoms. The van der Waals surface area contributed by atoms with Crippen molar-refractivity contribution in [1.29, 1.82) is 0 Å². The van der Waals surface area contributed by atoms with Crippen LogP contribution in [-0.2, 0) is 4.74 Å². The Morgan fingerprint density at radius 3 is 2.47 bits per heavy atom. The van der Waals surface area contributed by atoms with Crippen LogP contribution in [-0.4, -0.2) is 24.0 Å². The first-order chi connectivity index (χ1) is 9.10. The summed E-state index contributed by atoms with van der Waals surface area (Å²) in [7, 11) is 1.31. The van der Waals surface area contributed by atoms with Crippen LogP contribution in [0, 0.1) is 0 Å². The molecule has 0 saturated carbocycles. The van der Waals surface area contributed by atoms with Gasteiger partial charge in [0.25, 0.3) is 5.91 Å². The normalized spacial score (nSPS) is 9.95. The summed E-state index contributed by atoms with van der Waals surface area (Å²) in [5.41, 5.74) is 7.37. The number of H-pyrrole nitrogens is 1. The van der Waals surface area contributed by atoms with E-state index >= 15 is 0 Å². The van der Waals surface area contributed by atoms with Gasteiger partial charge in [-0.3, -0.25) is 4.79 Å². The molecule has 98 valence electrons. The molecule has 1 aromatic heterocycles. The fourth-order valence-electron chi connectivity index (χ4n) is 1.55. The van der Waals surface area contributed by atoms with E-state index in [0.717, 1.165) is 0 Å². The lowest BCUT2D eigenvalue weighted by molar-refractivity contribution is 0.0600. The van der Waals surface area contributed by atoms with Crippen LogP contribution in [0.4, 0.5) is 11.4 Å². The molecule has 1 heterocycles. The predicted octanol–water partition coefficient (Wildman–Crippen LogP) is 1.64. The van der Waals surface area contributed by atoms with E-state index in [1.807, 2.05) is 0 Å². The largest absolute Gasteiger partial charge is 0.465 e. The van der Waals surface area contributed by atoms with Crippen LogP contribution in [0.25, 0.3) is 0 Å². The van der Waals surface area contributed by atoms with E-state index in [0.29, 0.717) is 22.6 Å². The summed E-state index contributed by atoms with van der Waals surface area (Å²) in [4.78, 5) is 25.8. The molecule has 1 aromatic carbocycles. The van der Waals surface area contributed by atoms with Gasteiger partial charge in [0.05, 0.1) is 12.7 Å². The van der Waals surface area contributed by atoms with E-state index < -0.39 is 5.97 Å². The van der Waals surface area contributed by atoms with Gasteiger partial charge in [0.2, 0.25) is 0 Å². The van der Waals surface area contributed by atoms with Crippen LogP contribution >= 0.6 is 0 Å². The van der Waals surface area contributed by atoms with Crippen molar-refractivity contribution in [3.8, 4) is 0 Å². The third-order valence-electron chi connectivity index (χ3n) is 2.51. The molecule has 2 rings (SSSR count). The quantitative estimate of drug-likeness (QED) is 0.730. The first kappa shape index (κ1) is 12.7. The second-order valence-corrected chi connectivity index (χ2v) is 3.87. The standard InChI is InChI=1S/C13H13N3O3/c1-19-13(18)8-2-4-10(5-3-8)16-12(17)11-6-9(14)7-15-11/h2-7,15H,14H2,1H3,(H,16,17). The fraction of sp³-hybridized carbons (Fsp3) is 0.0769. The van der Waals surface area contributed by atoms with Gasteiger partial charge in [-0.05, 0) is 30.3 Å². The molecule has 0 aliphatic heterocycles. The number of nitrogens with two attached hydrogens (primary N) is 1. The van der Waals surface area contributed by atoms with Gasteiger partial charge >= 0.3 is 5.97 Å². The Kier molecular flexibility index (Phi) is 3.51. The van der Waals surface area contributed by atoms with Gasteiger partial charge in [-0.25, -0.2) is 4.79 Å². The lowest BCUT2D eigenvalue weighted by atomic mass is 10.2. The van der Waals surface area contributed by atoms with Crippen LogP contribution in [0.2, 0.25) is 0 Å². The number of amides is 1. The Balaban J connectivity index is 2.07. The van der Waals surface area contributed by atoms with Gasteiger partial charge in [-0.2, -0.15) is 0 Å². The van der Waals surface area contributed by atoms with Crippen molar-refractivity contribution >= 4 is 23.3 Å². The Bertz CT molecular complexity index is 602. The smallest absolute Gasteiger partial charge is 0.337 e. The van der Waals surface area contributed by atoms with Crippen molar-refractivity contribution < 1.29 is 14.3 Å². The monoisotopic (exact) mass is 259 g/mol. The fourth-order valence-corrected chi connectivity index (χ4v) is 1.55. The predicted molar refractivity (Wildman–Crippen MR) is 70.9 cm³/mol. The Morgan fingerprint density at radius 2 is 1.95 bits per heavy atom. The number of benzene rings is 1. The van der Waals surface area contributed by atoms with E-state index in [9.17, 15) is 9.59 Å². The van der Waals surface area contributed by atoms with Gasteiger partial charge in [0, 0.05) is 17.6 Å². The highest BCUT2D eigenvalue weighted by atomic mass is 16.5. The third kappa shape index (κ3) is 2.92. The zero-order valence-corrected chi connectivity index (χ0v) is 10.3. The highest BCUT2D eigenvalue weighted by Crippen LogP contribution is 2.12. The number of hydrogen-bond acceptors (Lipinski definition) is 4. The minimum Gasteiger partial charge on any atom is -0.465 e. The number of nitrogen functional groups attached to an aromatic ring is 1. The topological polar surface area (TPSA) is 97.2 Å². The number of ether oxygens (including phenoxy) is 1. The maximum Gasteiger partial charge on any atom is 0.337 e. The number of nitrogens with one attached hydrogen (secondary N) is 2. The molecule has 0 radical (unpaired) electrons. The SMILES string of the molecule is COC(=O)c1ccc(NC(=O)c2cc(N)c[nH]2)cc1. The molecule has 0 aliphatic carbocycles. The van der Waals surface area contributed by atoms with Gasteiger partial charge in [-0.15, -0.1) is 0 Å². The number of carbonyl (C=O) groups excluding carboxylic acids is 2. The van der Waals surface area contributed by atoms with Gasteiger partial charge < -0.3 is 20.8 Å². The molecule has 0 saturated heterocycles. The van der Waals surface area contributed by atoms with Crippen molar-refractivity contribution in [2.24, 2.45) is 0 Å². The molecule has 0 unspecified atom stereocenters. The highest BCUT2D eigenvalue weighted by Gasteiger charge is 2.09. The number of hydrogen-bond donors (Lipinski definition) is 3. The van der Waals surface area contributed by atoms with Crippen LogP contribution in [0.15, 0.2) is 36.5 Å². The van der Waals surface area contributed by atoms with Gasteiger partial charge in [0.15, 0.2) is 0 Å². The average molecular weight is 259 g/mol. The third-order valence-corrected chi connectivity index (χ3v) is 2.51. The number of aromatic nitrogens is 1. The summed E-state index contributed by atoms with van der Waals surface area (Å²) >= 11 is 0. The second kappa shape index (κ2) is 5.26. The van der Waals surface area contributed by atoms with Crippen molar-refractivity contribution in [3.05, 3.63) is 47.8 Å². The molecule has 0 atom stereocenters. The van der Waals surface area contributed by atoms with Crippen LogP contribution < -0.4 is 11.1 Å². The highest BCUT2D eigenvalue weighted by molar-refractivity contribution is 6.03. The molecular formula is C13H13N3O3. The lowest BCUT2D eigenvalue weighted by Crippen LogP contribution is -2.12. The van der Waals surface area contributed by atoms with E-state index in [-0.39, 0.29) is 5.91 Å². The van der Waals surface area contributed by atoms with Crippen molar-refractivity contribution in [2.75, 3.05) is 18.2 Å². The molecule has 6 heteroatoms. The average Bonchev–Trinajstić information content (AvgIpc) is 2.85. The zero-order chi connectivity index (χ0) is 13.8. The molecule has 19 heavy (non-hydrogen) atoms. The number of anilines is 2. The van der Waals surface area contributed by atoms with Gasteiger partial charge in [-0.1, -0.05) is 0 Å². The van der Waals surface area contributed by atoms with Crippen molar-refractivity contribution in [2.45, 2.75) is 0 Å². The molecule has 2 aromatic rings. The second-order valence-electron chi connectivity index (χ2n) is 3.87. The molecular weight excluding hydrogens is 246 g/mol. The number of rotatable bonds is 3. The van der Waals surface area contributed by atoms with Gasteiger partial charge in [0.1, 0.15) is 5.69 Å². The Labute approximate surface area is 109 Å². The molecule has 0 fully saturated rings. The summed E-state index contributed by atoms with van der Waals surface area (Å²) in [6.07, 6.45) is 1.54. The van der Waals surface area contributed by atoms with Crippen LogP contribution in [0.1, 0.15) is 20.8 Å². The molecule has 0 spiro atoms.